The summed E-state index contributed by atoms with van der Waals surface area (Å²) < 4.78 is 0. The summed E-state index contributed by atoms with van der Waals surface area (Å²) in [5.74, 6) is 0.667. The molecule has 1 heterocycles. The first-order valence-electron chi connectivity index (χ1n) is 4.10. The van der Waals surface area contributed by atoms with E-state index in [0.717, 1.165) is 25.0 Å². The number of nitrogens with one attached hydrogen (secondary N) is 1. The monoisotopic (exact) mass is 151 g/mol. The highest BCUT2D eigenvalue weighted by molar-refractivity contribution is 5.88. The SMILES string of the molecule is C=C(C)C1CNC(=O)C12CC2. The maximum atomic E-state index is 11.3. The van der Waals surface area contributed by atoms with Crippen molar-refractivity contribution in [2.75, 3.05) is 6.54 Å². The van der Waals surface area contributed by atoms with Gasteiger partial charge in [0.25, 0.3) is 0 Å². The van der Waals surface area contributed by atoms with Gasteiger partial charge >= 0.3 is 0 Å². The van der Waals surface area contributed by atoms with Crippen molar-refractivity contribution in [3.8, 4) is 0 Å². The summed E-state index contributed by atoms with van der Waals surface area (Å²) in [6.07, 6.45) is 2.13. The molecule has 2 nitrogen and oxygen atoms in total. The fourth-order valence-corrected chi connectivity index (χ4v) is 2.08. The Morgan fingerprint density at radius 3 is 2.73 bits per heavy atom. The third kappa shape index (κ3) is 0.753. The molecule has 1 aliphatic carbocycles. The van der Waals surface area contributed by atoms with Gasteiger partial charge in [0, 0.05) is 12.5 Å². The molecule has 0 aromatic rings. The van der Waals surface area contributed by atoms with E-state index in [1.54, 1.807) is 0 Å². The Hall–Kier alpha value is -0.790. The van der Waals surface area contributed by atoms with Gasteiger partial charge in [-0.1, -0.05) is 12.2 Å². The van der Waals surface area contributed by atoms with Crippen LogP contribution in [0.3, 0.4) is 0 Å². The fourth-order valence-electron chi connectivity index (χ4n) is 2.08. The largest absolute Gasteiger partial charge is 0.355 e. The van der Waals surface area contributed by atoms with E-state index in [1.807, 2.05) is 6.92 Å². The minimum Gasteiger partial charge on any atom is -0.355 e. The average molecular weight is 151 g/mol. The Kier molecular flexibility index (Phi) is 1.17. The third-order valence-corrected chi connectivity index (χ3v) is 2.97. The van der Waals surface area contributed by atoms with Crippen molar-refractivity contribution in [2.24, 2.45) is 11.3 Å². The van der Waals surface area contributed by atoms with Crippen molar-refractivity contribution in [3.05, 3.63) is 12.2 Å². The molecular weight excluding hydrogens is 138 g/mol. The molecular formula is C9H13NO. The van der Waals surface area contributed by atoms with Crippen molar-refractivity contribution >= 4 is 5.91 Å². The second kappa shape index (κ2) is 1.87. The lowest BCUT2D eigenvalue weighted by Gasteiger charge is -2.13. The number of carbonyl (C=O) groups excluding carboxylic acids is 1. The number of rotatable bonds is 1. The Bertz CT molecular complexity index is 228. The molecule has 11 heavy (non-hydrogen) atoms. The molecule has 1 aliphatic heterocycles. The van der Waals surface area contributed by atoms with Gasteiger partial charge in [0.15, 0.2) is 0 Å². The van der Waals surface area contributed by atoms with Crippen LogP contribution in [0.5, 0.6) is 0 Å². The normalized spacial score (nSPS) is 32.1. The zero-order chi connectivity index (χ0) is 8.06. The predicted molar refractivity (Wildman–Crippen MR) is 43.0 cm³/mol. The second-order valence-electron chi connectivity index (χ2n) is 3.77. The van der Waals surface area contributed by atoms with E-state index in [0.29, 0.717) is 5.92 Å². The van der Waals surface area contributed by atoms with Crippen molar-refractivity contribution in [1.29, 1.82) is 0 Å². The van der Waals surface area contributed by atoms with Gasteiger partial charge in [0.1, 0.15) is 0 Å². The first kappa shape index (κ1) is 6.89. The summed E-state index contributed by atoms with van der Waals surface area (Å²) in [4.78, 5) is 11.3. The van der Waals surface area contributed by atoms with Crippen molar-refractivity contribution in [2.45, 2.75) is 19.8 Å². The molecule has 60 valence electrons. The highest BCUT2D eigenvalue weighted by atomic mass is 16.2. The van der Waals surface area contributed by atoms with Gasteiger partial charge in [0.2, 0.25) is 5.91 Å². The van der Waals surface area contributed by atoms with Crippen LogP contribution in [0.25, 0.3) is 0 Å². The maximum absolute atomic E-state index is 11.3. The van der Waals surface area contributed by atoms with Crippen LogP contribution < -0.4 is 5.32 Å². The second-order valence-corrected chi connectivity index (χ2v) is 3.77. The Morgan fingerprint density at radius 1 is 1.73 bits per heavy atom. The summed E-state index contributed by atoms with van der Waals surface area (Å²) in [6.45, 7) is 6.75. The van der Waals surface area contributed by atoms with Gasteiger partial charge < -0.3 is 5.32 Å². The van der Waals surface area contributed by atoms with Crippen molar-refractivity contribution in [1.82, 2.24) is 5.32 Å². The number of hydrogen-bond donors (Lipinski definition) is 1. The molecule has 0 aromatic carbocycles. The number of hydrogen-bond acceptors (Lipinski definition) is 1. The van der Waals surface area contributed by atoms with Crippen LogP contribution in [-0.2, 0) is 4.79 Å². The first-order chi connectivity index (χ1) is 5.17. The molecule has 0 bridgehead atoms. The standard InChI is InChI=1S/C9H13NO/c1-6(2)7-5-10-8(11)9(7)3-4-9/h7H,1,3-5H2,2H3,(H,10,11). The van der Waals surface area contributed by atoms with Crippen LogP contribution >= 0.6 is 0 Å². The molecule has 1 atom stereocenters. The van der Waals surface area contributed by atoms with E-state index in [2.05, 4.69) is 11.9 Å². The highest BCUT2D eigenvalue weighted by Gasteiger charge is 2.58. The highest BCUT2D eigenvalue weighted by Crippen LogP contribution is 2.56. The van der Waals surface area contributed by atoms with E-state index >= 15 is 0 Å². The lowest BCUT2D eigenvalue weighted by molar-refractivity contribution is -0.124. The first-order valence-corrected chi connectivity index (χ1v) is 4.10. The van der Waals surface area contributed by atoms with Gasteiger partial charge in [-0.25, -0.2) is 0 Å². The molecule has 1 amide bonds. The molecule has 0 radical (unpaired) electrons. The topological polar surface area (TPSA) is 29.1 Å². The molecule has 1 saturated heterocycles. The van der Waals surface area contributed by atoms with Crippen LogP contribution in [0.15, 0.2) is 12.2 Å². The molecule has 2 rings (SSSR count). The zero-order valence-corrected chi connectivity index (χ0v) is 6.81. The molecule has 0 aromatic heterocycles. The Balaban J connectivity index is 2.25. The fraction of sp³-hybridized carbons (Fsp3) is 0.667. The van der Waals surface area contributed by atoms with Gasteiger partial charge in [-0.2, -0.15) is 0 Å². The van der Waals surface area contributed by atoms with Gasteiger partial charge in [-0.3, -0.25) is 4.79 Å². The molecule has 1 saturated carbocycles. The maximum Gasteiger partial charge on any atom is 0.226 e. The lowest BCUT2D eigenvalue weighted by atomic mass is 9.87. The van der Waals surface area contributed by atoms with Crippen LogP contribution in [0.1, 0.15) is 19.8 Å². The van der Waals surface area contributed by atoms with Crippen molar-refractivity contribution < 1.29 is 4.79 Å². The van der Waals surface area contributed by atoms with E-state index in [-0.39, 0.29) is 11.3 Å². The molecule has 1 N–H and O–H groups in total. The number of carbonyl (C=O) groups is 1. The Labute approximate surface area is 66.7 Å². The lowest BCUT2D eigenvalue weighted by Crippen LogP contribution is -2.20. The minimum atomic E-state index is -0.00810. The molecule has 2 aliphatic rings. The predicted octanol–water partition coefficient (Wildman–Crippen LogP) is 1.09. The van der Waals surface area contributed by atoms with E-state index in [4.69, 9.17) is 0 Å². The average Bonchev–Trinajstić information content (AvgIpc) is 2.61. The van der Waals surface area contributed by atoms with E-state index in [1.165, 1.54) is 0 Å². The molecule has 2 fully saturated rings. The van der Waals surface area contributed by atoms with Gasteiger partial charge in [0.05, 0.1) is 5.41 Å². The zero-order valence-electron chi connectivity index (χ0n) is 6.81. The van der Waals surface area contributed by atoms with Crippen LogP contribution in [0.4, 0.5) is 0 Å². The summed E-state index contributed by atoms with van der Waals surface area (Å²) in [6, 6.07) is 0. The van der Waals surface area contributed by atoms with Crippen LogP contribution in [0.2, 0.25) is 0 Å². The summed E-state index contributed by atoms with van der Waals surface area (Å²) in [5, 5.41) is 2.90. The smallest absolute Gasteiger partial charge is 0.226 e. The minimum absolute atomic E-state index is 0.00810. The van der Waals surface area contributed by atoms with Crippen LogP contribution in [0, 0.1) is 11.3 Å². The summed E-state index contributed by atoms with van der Waals surface area (Å²) >= 11 is 0. The quantitative estimate of drug-likeness (QED) is 0.558. The van der Waals surface area contributed by atoms with E-state index in [9.17, 15) is 4.79 Å². The van der Waals surface area contributed by atoms with E-state index < -0.39 is 0 Å². The molecule has 2 heteroatoms. The third-order valence-electron chi connectivity index (χ3n) is 2.97. The molecule has 1 spiro atoms. The van der Waals surface area contributed by atoms with Crippen LogP contribution in [-0.4, -0.2) is 12.5 Å². The van der Waals surface area contributed by atoms with Gasteiger partial charge in [-0.05, 0) is 19.8 Å². The Morgan fingerprint density at radius 2 is 2.36 bits per heavy atom. The molecule has 1 unspecified atom stereocenters. The van der Waals surface area contributed by atoms with Gasteiger partial charge in [-0.15, -0.1) is 0 Å². The summed E-state index contributed by atoms with van der Waals surface area (Å²) in [7, 11) is 0. The number of amides is 1. The van der Waals surface area contributed by atoms with Crippen molar-refractivity contribution in [3.63, 3.8) is 0 Å². The summed E-state index contributed by atoms with van der Waals surface area (Å²) in [5.41, 5.74) is 1.15.